The Morgan fingerprint density at radius 1 is 1.10 bits per heavy atom. The molecule has 7 heteroatoms. The van der Waals surface area contributed by atoms with Gasteiger partial charge in [-0.2, -0.15) is 13.2 Å². The number of hydrogen-bond donors (Lipinski definition) is 2. The first-order valence-electron chi connectivity index (χ1n) is 5.97. The Hall–Kier alpha value is -2.21. The van der Waals surface area contributed by atoms with E-state index in [-0.39, 0.29) is 17.1 Å². The number of imidazole rings is 1. The van der Waals surface area contributed by atoms with Gasteiger partial charge in [0.25, 0.3) is 0 Å². The second-order valence-corrected chi connectivity index (χ2v) is 4.98. The van der Waals surface area contributed by atoms with Crippen LogP contribution in [0.2, 0.25) is 5.02 Å². The number of H-pyrrole nitrogens is 1. The molecule has 3 aromatic rings. The number of nitrogens with two attached hydrogens (primary N) is 1. The number of aromatic nitrogens is 2. The normalized spacial score (nSPS) is 12.0. The van der Waals surface area contributed by atoms with E-state index in [2.05, 4.69) is 9.97 Å². The van der Waals surface area contributed by atoms with Gasteiger partial charge in [0.05, 0.1) is 16.6 Å². The van der Waals surface area contributed by atoms with Crippen molar-refractivity contribution in [3.63, 3.8) is 0 Å². The van der Waals surface area contributed by atoms with E-state index in [9.17, 15) is 13.2 Å². The van der Waals surface area contributed by atoms with Crippen molar-refractivity contribution in [3.05, 3.63) is 47.0 Å². The summed E-state index contributed by atoms with van der Waals surface area (Å²) < 4.78 is 38.4. The third-order valence-corrected chi connectivity index (χ3v) is 3.31. The van der Waals surface area contributed by atoms with Gasteiger partial charge in [0.1, 0.15) is 5.82 Å². The summed E-state index contributed by atoms with van der Waals surface area (Å²) in [5.41, 5.74) is 6.65. The SMILES string of the molecule is Nc1ccc(C(F)(F)F)cc1-c1nc2ccc(Cl)cc2[nH]1. The number of fused-ring (bicyclic) bond motifs is 1. The summed E-state index contributed by atoms with van der Waals surface area (Å²) in [6, 6.07) is 8.13. The Kier molecular flexibility index (Phi) is 3.06. The Labute approximate surface area is 122 Å². The van der Waals surface area contributed by atoms with Crippen LogP contribution in [0, 0.1) is 0 Å². The highest BCUT2D eigenvalue weighted by molar-refractivity contribution is 6.31. The van der Waals surface area contributed by atoms with Crippen molar-refractivity contribution >= 4 is 28.3 Å². The highest BCUT2D eigenvalue weighted by Crippen LogP contribution is 2.34. The maximum absolute atomic E-state index is 12.8. The van der Waals surface area contributed by atoms with Crippen LogP contribution in [0.5, 0.6) is 0 Å². The fraction of sp³-hybridized carbons (Fsp3) is 0.0714. The van der Waals surface area contributed by atoms with Crippen LogP contribution in [0.25, 0.3) is 22.4 Å². The minimum absolute atomic E-state index is 0.206. The molecule has 3 nitrogen and oxygen atoms in total. The largest absolute Gasteiger partial charge is 0.416 e. The zero-order valence-electron chi connectivity index (χ0n) is 10.5. The number of anilines is 1. The summed E-state index contributed by atoms with van der Waals surface area (Å²) in [6.45, 7) is 0. The van der Waals surface area contributed by atoms with E-state index in [1.165, 1.54) is 6.07 Å². The highest BCUT2D eigenvalue weighted by atomic mass is 35.5. The number of hydrogen-bond acceptors (Lipinski definition) is 2. The van der Waals surface area contributed by atoms with Crippen molar-refractivity contribution in [2.75, 3.05) is 5.73 Å². The van der Waals surface area contributed by atoms with Crippen LogP contribution in [0.15, 0.2) is 36.4 Å². The lowest BCUT2D eigenvalue weighted by Gasteiger charge is -2.09. The summed E-state index contributed by atoms with van der Waals surface area (Å²) >= 11 is 5.87. The fourth-order valence-corrected chi connectivity index (χ4v) is 2.22. The number of halogens is 4. The van der Waals surface area contributed by atoms with E-state index >= 15 is 0 Å². The predicted molar refractivity (Wildman–Crippen MR) is 76.0 cm³/mol. The van der Waals surface area contributed by atoms with Crippen molar-refractivity contribution in [2.45, 2.75) is 6.18 Å². The van der Waals surface area contributed by atoms with Crippen molar-refractivity contribution in [1.29, 1.82) is 0 Å². The van der Waals surface area contributed by atoms with E-state index in [1.807, 2.05) is 0 Å². The van der Waals surface area contributed by atoms with Crippen molar-refractivity contribution in [3.8, 4) is 11.4 Å². The second kappa shape index (κ2) is 4.66. The lowest BCUT2D eigenvalue weighted by molar-refractivity contribution is -0.137. The topological polar surface area (TPSA) is 54.7 Å². The maximum atomic E-state index is 12.8. The number of rotatable bonds is 1. The van der Waals surface area contributed by atoms with Crippen LogP contribution in [-0.4, -0.2) is 9.97 Å². The van der Waals surface area contributed by atoms with Gasteiger partial charge in [-0.15, -0.1) is 0 Å². The number of alkyl halides is 3. The van der Waals surface area contributed by atoms with Gasteiger partial charge in [-0.1, -0.05) is 11.6 Å². The molecule has 0 amide bonds. The summed E-state index contributed by atoms with van der Waals surface area (Å²) in [4.78, 5) is 7.18. The van der Waals surface area contributed by atoms with Gasteiger partial charge in [-0.05, 0) is 36.4 Å². The molecule has 0 aliphatic heterocycles. The van der Waals surface area contributed by atoms with Crippen molar-refractivity contribution in [1.82, 2.24) is 9.97 Å². The van der Waals surface area contributed by atoms with Gasteiger partial charge in [-0.3, -0.25) is 0 Å². The molecule has 0 radical (unpaired) electrons. The summed E-state index contributed by atoms with van der Waals surface area (Å²) in [5.74, 6) is 0.274. The molecule has 0 aliphatic rings. The maximum Gasteiger partial charge on any atom is 0.416 e. The molecule has 0 unspecified atom stereocenters. The molecule has 108 valence electrons. The predicted octanol–water partition coefficient (Wildman–Crippen LogP) is 4.48. The van der Waals surface area contributed by atoms with Gasteiger partial charge >= 0.3 is 6.18 Å². The van der Waals surface area contributed by atoms with Crippen LogP contribution in [0.1, 0.15) is 5.56 Å². The molecule has 0 fully saturated rings. The average Bonchev–Trinajstić information content (AvgIpc) is 2.80. The van der Waals surface area contributed by atoms with Crippen LogP contribution in [-0.2, 0) is 6.18 Å². The highest BCUT2D eigenvalue weighted by Gasteiger charge is 2.31. The third kappa shape index (κ3) is 2.54. The van der Waals surface area contributed by atoms with E-state index < -0.39 is 11.7 Å². The van der Waals surface area contributed by atoms with Crippen LogP contribution in [0.3, 0.4) is 0 Å². The smallest absolute Gasteiger partial charge is 0.398 e. The Bertz CT molecular complexity index is 824. The molecular weight excluding hydrogens is 303 g/mol. The lowest BCUT2D eigenvalue weighted by atomic mass is 10.1. The fourth-order valence-electron chi connectivity index (χ4n) is 2.05. The molecular formula is C14H9ClF3N3. The Balaban J connectivity index is 2.17. The molecule has 21 heavy (non-hydrogen) atoms. The molecule has 1 heterocycles. The number of benzene rings is 2. The number of nitrogen functional groups attached to an aromatic ring is 1. The molecule has 0 saturated heterocycles. The first-order chi connectivity index (χ1) is 9.84. The second-order valence-electron chi connectivity index (χ2n) is 4.55. The van der Waals surface area contributed by atoms with E-state index in [0.717, 1.165) is 12.1 Å². The molecule has 0 aliphatic carbocycles. The third-order valence-electron chi connectivity index (χ3n) is 3.08. The quantitative estimate of drug-likeness (QED) is 0.651. The number of nitrogens with one attached hydrogen (secondary N) is 1. The Morgan fingerprint density at radius 2 is 1.86 bits per heavy atom. The molecule has 2 aromatic carbocycles. The summed E-state index contributed by atoms with van der Waals surface area (Å²) in [5, 5.41) is 0.509. The minimum Gasteiger partial charge on any atom is -0.398 e. The zero-order chi connectivity index (χ0) is 15.2. The molecule has 0 spiro atoms. The first-order valence-corrected chi connectivity index (χ1v) is 6.35. The Morgan fingerprint density at radius 3 is 2.57 bits per heavy atom. The minimum atomic E-state index is -4.43. The van der Waals surface area contributed by atoms with E-state index in [0.29, 0.717) is 16.1 Å². The molecule has 1 aromatic heterocycles. The summed E-state index contributed by atoms with van der Waals surface area (Å²) in [6.07, 6.45) is -4.43. The van der Waals surface area contributed by atoms with Gasteiger partial charge in [0.15, 0.2) is 0 Å². The molecule has 0 atom stereocenters. The van der Waals surface area contributed by atoms with Crippen LogP contribution >= 0.6 is 11.6 Å². The monoisotopic (exact) mass is 311 g/mol. The average molecular weight is 312 g/mol. The van der Waals surface area contributed by atoms with Crippen LogP contribution < -0.4 is 5.73 Å². The summed E-state index contributed by atoms with van der Waals surface area (Å²) in [7, 11) is 0. The molecule has 3 rings (SSSR count). The molecule has 0 bridgehead atoms. The lowest BCUT2D eigenvalue weighted by Crippen LogP contribution is -2.06. The molecule has 0 saturated carbocycles. The van der Waals surface area contributed by atoms with Crippen molar-refractivity contribution in [2.24, 2.45) is 0 Å². The standard InChI is InChI=1S/C14H9ClF3N3/c15-8-2-4-11-12(6-8)21-13(20-11)9-5-7(14(16,17)18)1-3-10(9)19/h1-6H,19H2,(H,20,21). The van der Waals surface area contributed by atoms with Gasteiger partial charge in [0, 0.05) is 16.3 Å². The zero-order valence-corrected chi connectivity index (χ0v) is 11.3. The number of nitrogens with zero attached hydrogens (tertiary/aromatic N) is 1. The number of aromatic amines is 1. The van der Waals surface area contributed by atoms with E-state index in [1.54, 1.807) is 18.2 Å². The molecule has 3 N–H and O–H groups in total. The van der Waals surface area contributed by atoms with Gasteiger partial charge < -0.3 is 10.7 Å². The van der Waals surface area contributed by atoms with Crippen molar-refractivity contribution < 1.29 is 13.2 Å². The van der Waals surface area contributed by atoms with E-state index in [4.69, 9.17) is 17.3 Å². The van der Waals surface area contributed by atoms with Crippen LogP contribution in [0.4, 0.5) is 18.9 Å². The van der Waals surface area contributed by atoms with Gasteiger partial charge in [0.2, 0.25) is 0 Å². The first kappa shape index (κ1) is 13.8. The van der Waals surface area contributed by atoms with Gasteiger partial charge in [-0.25, -0.2) is 4.98 Å².